The van der Waals surface area contributed by atoms with Crippen molar-refractivity contribution in [1.29, 1.82) is 0 Å². The van der Waals surface area contributed by atoms with Crippen LogP contribution in [0.4, 0.5) is 5.69 Å². The average molecular weight is 385 g/mol. The van der Waals surface area contributed by atoms with E-state index < -0.39 is 5.97 Å². The van der Waals surface area contributed by atoms with Crippen molar-refractivity contribution in [2.45, 2.75) is 6.42 Å². The minimum Gasteiger partial charge on any atom is -0.497 e. The summed E-state index contributed by atoms with van der Waals surface area (Å²) < 4.78 is 5.57. The topological polar surface area (TPSA) is 66.8 Å². The fourth-order valence-corrected chi connectivity index (χ4v) is 3.78. The van der Waals surface area contributed by atoms with E-state index in [1.807, 2.05) is 24.3 Å². The molecule has 0 aliphatic carbocycles. The van der Waals surface area contributed by atoms with Gasteiger partial charge in [-0.2, -0.15) is 0 Å². The van der Waals surface area contributed by atoms with E-state index in [-0.39, 0.29) is 12.3 Å². The Labute approximate surface area is 160 Å². The molecule has 132 valence electrons. The monoisotopic (exact) mass is 385 g/mol. The highest BCUT2D eigenvalue weighted by atomic mass is 32.2. The highest BCUT2D eigenvalue weighted by Gasteiger charge is 2.33. The van der Waals surface area contributed by atoms with Crippen molar-refractivity contribution in [2.24, 2.45) is 0 Å². The highest BCUT2D eigenvalue weighted by Crippen LogP contribution is 2.36. The van der Waals surface area contributed by atoms with Crippen LogP contribution in [0.1, 0.15) is 11.1 Å². The van der Waals surface area contributed by atoms with Gasteiger partial charge in [-0.25, -0.2) is 0 Å². The summed E-state index contributed by atoms with van der Waals surface area (Å²) in [7, 11) is 1.60. The van der Waals surface area contributed by atoms with E-state index in [4.69, 9.17) is 22.1 Å². The van der Waals surface area contributed by atoms with Gasteiger partial charge in [-0.05, 0) is 41.5 Å². The van der Waals surface area contributed by atoms with Crippen LogP contribution in [-0.4, -0.2) is 28.4 Å². The van der Waals surface area contributed by atoms with Gasteiger partial charge >= 0.3 is 5.97 Å². The van der Waals surface area contributed by atoms with Gasteiger partial charge in [0.25, 0.3) is 5.91 Å². The first-order valence-corrected chi connectivity index (χ1v) is 8.93. The molecule has 0 spiro atoms. The zero-order valence-corrected chi connectivity index (χ0v) is 15.5. The molecule has 1 saturated heterocycles. The Morgan fingerprint density at radius 3 is 2.42 bits per heavy atom. The number of carboxylic acid groups (broad SMARTS) is 1. The number of thiocarbonyl (C=S) groups is 1. The summed E-state index contributed by atoms with van der Waals surface area (Å²) in [6, 6.07) is 14.2. The number of thioether (sulfide) groups is 1. The van der Waals surface area contributed by atoms with Gasteiger partial charge in [0.15, 0.2) is 4.32 Å². The number of hydrogen-bond acceptors (Lipinski definition) is 5. The lowest BCUT2D eigenvalue weighted by atomic mass is 10.1. The van der Waals surface area contributed by atoms with Gasteiger partial charge in [-0.3, -0.25) is 14.5 Å². The van der Waals surface area contributed by atoms with Gasteiger partial charge in [-0.15, -0.1) is 0 Å². The molecule has 3 rings (SSSR count). The summed E-state index contributed by atoms with van der Waals surface area (Å²) in [6.45, 7) is 0. The predicted molar refractivity (Wildman–Crippen MR) is 106 cm³/mol. The second-order valence-electron chi connectivity index (χ2n) is 5.53. The summed E-state index contributed by atoms with van der Waals surface area (Å²) >= 11 is 6.59. The quantitative estimate of drug-likeness (QED) is 0.625. The van der Waals surface area contributed by atoms with E-state index in [1.54, 1.807) is 37.5 Å². The van der Waals surface area contributed by atoms with Gasteiger partial charge in [0.1, 0.15) is 5.75 Å². The van der Waals surface area contributed by atoms with E-state index in [0.29, 0.717) is 20.5 Å². The summed E-state index contributed by atoms with van der Waals surface area (Å²) in [5.41, 5.74) is 2.17. The first-order valence-electron chi connectivity index (χ1n) is 7.70. The van der Waals surface area contributed by atoms with Crippen LogP contribution in [0.15, 0.2) is 53.4 Å². The summed E-state index contributed by atoms with van der Waals surface area (Å²) in [4.78, 5) is 25.5. The normalized spacial score (nSPS) is 15.6. The molecule has 0 unspecified atom stereocenters. The molecular formula is C19H15NO4S2. The zero-order valence-electron chi connectivity index (χ0n) is 13.8. The first-order chi connectivity index (χ1) is 12.5. The molecule has 0 saturated carbocycles. The number of benzene rings is 2. The van der Waals surface area contributed by atoms with Gasteiger partial charge in [0.05, 0.1) is 24.1 Å². The Kier molecular flexibility index (Phi) is 5.39. The number of methoxy groups -OCH3 is 1. The highest BCUT2D eigenvalue weighted by molar-refractivity contribution is 8.27. The number of ether oxygens (including phenoxy) is 1. The maximum absolute atomic E-state index is 12.7. The van der Waals surface area contributed by atoms with Crippen LogP contribution in [-0.2, 0) is 16.0 Å². The lowest BCUT2D eigenvalue weighted by Gasteiger charge is -2.14. The van der Waals surface area contributed by atoms with Crippen molar-refractivity contribution < 1.29 is 19.4 Å². The van der Waals surface area contributed by atoms with E-state index in [1.165, 1.54) is 16.7 Å². The maximum Gasteiger partial charge on any atom is 0.307 e. The Balaban J connectivity index is 1.81. The lowest BCUT2D eigenvalue weighted by Crippen LogP contribution is -2.27. The molecule has 5 nitrogen and oxygen atoms in total. The largest absolute Gasteiger partial charge is 0.497 e. The second-order valence-corrected chi connectivity index (χ2v) is 7.20. The van der Waals surface area contributed by atoms with Crippen LogP contribution in [0, 0.1) is 0 Å². The minimum absolute atomic E-state index is 0.0595. The van der Waals surface area contributed by atoms with Crippen LogP contribution in [0.25, 0.3) is 6.08 Å². The molecule has 2 aromatic rings. The van der Waals surface area contributed by atoms with Crippen molar-refractivity contribution in [2.75, 3.05) is 12.0 Å². The smallest absolute Gasteiger partial charge is 0.307 e. The SMILES string of the molecule is COc1ccc(/C=C2\SC(=S)N(c3ccc(CC(=O)O)cc3)C2=O)cc1. The third-order valence-electron chi connectivity index (χ3n) is 3.76. The fourth-order valence-electron chi connectivity index (χ4n) is 2.48. The predicted octanol–water partition coefficient (Wildman–Crippen LogP) is 3.73. The standard InChI is InChI=1S/C19H15NO4S2/c1-24-15-8-4-12(5-9-15)10-16-18(23)20(19(25)26-16)14-6-2-13(3-7-14)11-17(21)22/h2-10H,11H2,1H3,(H,21,22)/b16-10-. The number of amides is 1. The molecular weight excluding hydrogens is 370 g/mol. The third kappa shape index (κ3) is 3.95. The Bertz CT molecular complexity index is 889. The molecule has 2 aromatic carbocycles. The van der Waals surface area contributed by atoms with E-state index in [9.17, 15) is 9.59 Å². The number of hydrogen-bond donors (Lipinski definition) is 1. The molecule has 1 aliphatic heterocycles. The Morgan fingerprint density at radius 1 is 1.19 bits per heavy atom. The average Bonchev–Trinajstić information content (AvgIpc) is 2.89. The van der Waals surface area contributed by atoms with Gasteiger partial charge < -0.3 is 9.84 Å². The second kappa shape index (κ2) is 7.72. The molecule has 1 amide bonds. The molecule has 0 aromatic heterocycles. The molecule has 0 atom stereocenters. The van der Waals surface area contributed by atoms with Crippen LogP contribution >= 0.6 is 24.0 Å². The molecule has 7 heteroatoms. The fraction of sp³-hybridized carbons (Fsp3) is 0.105. The zero-order chi connectivity index (χ0) is 18.7. The lowest BCUT2D eigenvalue weighted by molar-refractivity contribution is -0.136. The molecule has 0 bridgehead atoms. The number of carbonyl (C=O) groups is 2. The van der Waals surface area contributed by atoms with Gasteiger partial charge in [0.2, 0.25) is 0 Å². The summed E-state index contributed by atoms with van der Waals surface area (Å²) in [5, 5.41) is 8.84. The van der Waals surface area contributed by atoms with E-state index >= 15 is 0 Å². The number of aliphatic carboxylic acids is 1. The van der Waals surface area contributed by atoms with E-state index in [0.717, 1.165) is 11.3 Å². The van der Waals surface area contributed by atoms with Gasteiger partial charge in [0, 0.05) is 0 Å². The van der Waals surface area contributed by atoms with Crippen molar-refractivity contribution in [3.63, 3.8) is 0 Å². The molecule has 1 heterocycles. The number of carbonyl (C=O) groups excluding carboxylic acids is 1. The van der Waals surface area contributed by atoms with Crippen LogP contribution < -0.4 is 9.64 Å². The Hall–Kier alpha value is -2.64. The molecule has 1 fully saturated rings. The van der Waals surface area contributed by atoms with E-state index in [2.05, 4.69) is 0 Å². The number of nitrogens with zero attached hydrogens (tertiary/aromatic N) is 1. The van der Waals surface area contributed by atoms with Crippen molar-refractivity contribution >= 4 is 51.9 Å². The van der Waals surface area contributed by atoms with Crippen LogP contribution in [0.2, 0.25) is 0 Å². The Morgan fingerprint density at radius 2 is 1.85 bits per heavy atom. The van der Waals surface area contributed by atoms with Gasteiger partial charge in [-0.1, -0.05) is 48.2 Å². The van der Waals surface area contributed by atoms with Crippen molar-refractivity contribution in [3.05, 3.63) is 64.6 Å². The summed E-state index contributed by atoms with van der Waals surface area (Å²) in [6.07, 6.45) is 1.73. The molecule has 26 heavy (non-hydrogen) atoms. The summed E-state index contributed by atoms with van der Waals surface area (Å²) in [5.74, 6) is -0.344. The molecule has 1 N–H and O–H groups in total. The number of rotatable bonds is 5. The molecule has 0 radical (unpaired) electrons. The third-order valence-corrected chi connectivity index (χ3v) is 5.06. The minimum atomic E-state index is -0.897. The maximum atomic E-state index is 12.7. The molecule has 1 aliphatic rings. The first kappa shape index (κ1) is 18.2. The van der Waals surface area contributed by atoms with Crippen molar-refractivity contribution in [1.82, 2.24) is 0 Å². The van der Waals surface area contributed by atoms with Crippen LogP contribution in [0.5, 0.6) is 5.75 Å². The van der Waals surface area contributed by atoms with Crippen LogP contribution in [0.3, 0.4) is 0 Å². The number of carboxylic acids is 1. The van der Waals surface area contributed by atoms with Crippen molar-refractivity contribution in [3.8, 4) is 5.75 Å². The number of anilines is 1.